The Kier molecular flexibility index (Phi) is 2.91. The van der Waals surface area contributed by atoms with E-state index in [-0.39, 0.29) is 5.33 Å². The van der Waals surface area contributed by atoms with Gasteiger partial charge in [-0.25, -0.2) is 9.18 Å². The highest BCUT2D eigenvalue weighted by Gasteiger charge is 2.11. The Balaban J connectivity index is 3.34. The Morgan fingerprint density at radius 1 is 2.00 bits per heavy atom. The van der Waals surface area contributed by atoms with E-state index in [0.29, 0.717) is 0 Å². The van der Waals surface area contributed by atoms with Crippen molar-refractivity contribution in [1.29, 1.82) is 0 Å². The highest BCUT2D eigenvalue weighted by Crippen LogP contribution is 1.94. The zero-order valence-electron chi connectivity index (χ0n) is 3.40. The number of rotatable bonds is 2. The van der Waals surface area contributed by atoms with Gasteiger partial charge >= 0.3 is 5.97 Å². The van der Waals surface area contributed by atoms with E-state index in [1.165, 1.54) is 0 Å². The molecule has 0 saturated carbocycles. The van der Waals surface area contributed by atoms with Gasteiger partial charge in [-0.2, -0.15) is 0 Å². The van der Waals surface area contributed by atoms with E-state index < -0.39 is 12.1 Å². The van der Waals surface area contributed by atoms with Crippen molar-refractivity contribution in [3.63, 3.8) is 0 Å². The summed E-state index contributed by atoms with van der Waals surface area (Å²) in [7, 11) is 0. The maximum atomic E-state index is 11.6. The van der Waals surface area contributed by atoms with Gasteiger partial charge in [0.1, 0.15) is 0 Å². The molecule has 0 aliphatic heterocycles. The van der Waals surface area contributed by atoms with Gasteiger partial charge < -0.3 is 5.11 Å². The Bertz CT molecular complexity index is 75.3. The molecule has 0 aliphatic rings. The van der Waals surface area contributed by atoms with Crippen LogP contribution in [0.4, 0.5) is 4.39 Å². The van der Waals surface area contributed by atoms with Crippen LogP contribution in [0.15, 0.2) is 0 Å². The summed E-state index contributed by atoms with van der Waals surface area (Å²) in [4.78, 5) is 9.53. The third-order valence-corrected chi connectivity index (χ3v) is 0.972. The van der Waals surface area contributed by atoms with Crippen LogP contribution in [0.5, 0.6) is 0 Å². The number of alkyl halides is 2. The fourth-order valence-electron chi connectivity index (χ4n) is 0.0660. The predicted octanol–water partition coefficient (Wildman–Crippen LogP) is 0.804. The van der Waals surface area contributed by atoms with Gasteiger partial charge in [-0.3, -0.25) is 0 Å². The molecule has 0 aromatic rings. The molecule has 0 radical (unpaired) electrons. The van der Waals surface area contributed by atoms with Crippen molar-refractivity contribution < 1.29 is 14.3 Å². The quantitative estimate of drug-likeness (QED) is 0.624. The minimum Gasteiger partial charge on any atom is -0.479 e. The third-order valence-electron chi connectivity index (χ3n) is 0.403. The topological polar surface area (TPSA) is 37.3 Å². The lowest BCUT2D eigenvalue weighted by Crippen LogP contribution is -2.14. The van der Waals surface area contributed by atoms with Gasteiger partial charge in [-0.05, 0) is 0 Å². The predicted molar refractivity (Wildman–Crippen MR) is 26.3 cm³/mol. The molecule has 0 amide bonds. The second-order valence-corrected chi connectivity index (χ2v) is 1.61. The Labute approximate surface area is 48.5 Å². The lowest BCUT2D eigenvalue weighted by atomic mass is 10.5. The zero-order chi connectivity index (χ0) is 5.86. The maximum Gasteiger partial charge on any atom is 0.339 e. The fraction of sp³-hybridized carbons (Fsp3) is 0.667. The standard InChI is InChI=1S/C3H4BrFO2/c4-1-2(5)3(6)7/h2H,1H2,(H,6,7). The van der Waals surface area contributed by atoms with Crippen molar-refractivity contribution in [2.45, 2.75) is 6.17 Å². The molecule has 0 aromatic heterocycles. The number of carboxylic acid groups (broad SMARTS) is 1. The summed E-state index contributed by atoms with van der Waals surface area (Å²) in [5.74, 6) is -1.42. The van der Waals surface area contributed by atoms with Crippen LogP contribution >= 0.6 is 15.9 Å². The van der Waals surface area contributed by atoms with Crippen LogP contribution in [0.25, 0.3) is 0 Å². The first-order valence-corrected chi connectivity index (χ1v) is 2.73. The average Bonchev–Trinajstić information content (AvgIpc) is 1.65. The van der Waals surface area contributed by atoms with Crippen LogP contribution in [0, 0.1) is 0 Å². The van der Waals surface area contributed by atoms with E-state index >= 15 is 0 Å². The molecule has 0 bridgehead atoms. The molecule has 0 rings (SSSR count). The molecule has 1 atom stereocenters. The van der Waals surface area contributed by atoms with E-state index in [1.807, 2.05) is 0 Å². The number of carbonyl (C=O) groups is 1. The molecular weight excluding hydrogens is 167 g/mol. The minimum absolute atomic E-state index is 0.137. The van der Waals surface area contributed by atoms with Crippen LogP contribution in [0.2, 0.25) is 0 Å². The van der Waals surface area contributed by atoms with Crippen LogP contribution in [0.3, 0.4) is 0 Å². The normalized spacial score (nSPS) is 13.4. The number of carboxylic acids is 1. The van der Waals surface area contributed by atoms with Crippen LogP contribution < -0.4 is 0 Å². The smallest absolute Gasteiger partial charge is 0.339 e. The molecule has 1 N–H and O–H groups in total. The number of aliphatic carboxylic acids is 1. The Morgan fingerprint density at radius 3 is 2.43 bits per heavy atom. The van der Waals surface area contributed by atoms with E-state index in [1.54, 1.807) is 0 Å². The first-order valence-electron chi connectivity index (χ1n) is 1.61. The number of halogens is 2. The van der Waals surface area contributed by atoms with Crippen molar-refractivity contribution in [3.05, 3.63) is 0 Å². The minimum atomic E-state index is -1.76. The highest BCUT2D eigenvalue weighted by molar-refractivity contribution is 9.09. The SMILES string of the molecule is O=C(O)C(F)CBr. The van der Waals surface area contributed by atoms with Gasteiger partial charge in [0.15, 0.2) is 0 Å². The first-order chi connectivity index (χ1) is 3.18. The van der Waals surface area contributed by atoms with Gasteiger partial charge in [0.2, 0.25) is 6.17 Å². The van der Waals surface area contributed by atoms with E-state index in [4.69, 9.17) is 5.11 Å². The Hall–Kier alpha value is -0.120. The van der Waals surface area contributed by atoms with Gasteiger partial charge in [0.05, 0.1) is 0 Å². The molecular formula is C3H4BrFO2. The summed E-state index contributed by atoms with van der Waals surface area (Å²) in [6, 6.07) is 0. The van der Waals surface area contributed by atoms with Crippen LogP contribution in [-0.4, -0.2) is 22.6 Å². The second-order valence-electron chi connectivity index (χ2n) is 0.960. The van der Waals surface area contributed by atoms with Crippen LogP contribution in [-0.2, 0) is 4.79 Å². The molecule has 7 heavy (non-hydrogen) atoms. The molecule has 4 heteroatoms. The van der Waals surface area contributed by atoms with E-state index in [2.05, 4.69) is 15.9 Å². The molecule has 42 valence electrons. The van der Waals surface area contributed by atoms with Crippen LogP contribution in [0.1, 0.15) is 0 Å². The molecule has 0 saturated heterocycles. The first kappa shape index (κ1) is 6.88. The maximum absolute atomic E-state index is 11.6. The van der Waals surface area contributed by atoms with Gasteiger partial charge in [0, 0.05) is 5.33 Å². The lowest BCUT2D eigenvalue weighted by Gasteiger charge is -1.91. The fourth-order valence-corrected chi connectivity index (χ4v) is 0.343. The summed E-state index contributed by atoms with van der Waals surface area (Å²) in [6.45, 7) is 0. The number of hydrogen-bond donors (Lipinski definition) is 1. The summed E-state index contributed by atoms with van der Waals surface area (Å²) in [6.07, 6.45) is -1.76. The highest BCUT2D eigenvalue weighted by atomic mass is 79.9. The molecule has 2 nitrogen and oxygen atoms in total. The summed E-state index contributed by atoms with van der Waals surface area (Å²) in [5, 5.41) is 7.64. The second kappa shape index (κ2) is 2.96. The lowest BCUT2D eigenvalue weighted by molar-refractivity contribution is -0.141. The summed E-state index contributed by atoms with van der Waals surface area (Å²) < 4.78 is 11.6. The van der Waals surface area contributed by atoms with Crippen molar-refractivity contribution in [2.75, 3.05) is 5.33 Å². The number of hydrogen-bond acceptors (Lipinski definition) is 1. The molecule has 0 heterocycles. The molecule has 0 aliphatic carbocycles. The zero-order valence-corrected chi connectivity index (χ0v) is 4.98. The average molecular weight is 171 g/mol. The van der Waals surface area contributed by atoms with E-state index in [9.17, 15) is 9.18 Å². The van der Waals surface area contributed by atoms with Crippen molar-refractivity contribution in [3.8, 4) is 0 Å². The largest absolute Gasteiger partial charge is 0.479 e. The Morgan fingerprint density at radius 2 is 2.43 bits per heavy atom. The summed E-state index contributed by atoms with van der Waals surface area (Å²) >= 11 is 2.66. The van der Waals surface area contributed by atoms with Gasteiger partial charge in [-0.15, -0.1) is 0 Å². The monoisotopic (exact) mass is 170 g/mol. The van der Waals surface area contributed by atoms with E-state index in [0.717, 1.165) is 0 Å². The van der Waals surface area contributed by atoms with Crippen molar-refractivity contribution in [2.24, 2.45) is 0 Å². The van der Waals surface area contributed by atoms with Crippen molar-refractivity contribution >= 4 is 21.9 Å². The van der Waals surface area contributed by atoms with Gasteiger partial charge in [0.25, 0.3) is 0 Å². The molecule has 0 spiro atoms. The third kappa shape index (κ3) is 2.56. The van der Waals surface area contributed by atoms with Gasteiger partial charge in [-0.1, -0.05) is 15.9 Å². The molecule has 1 unspecified atom stereocenters. The van der Waals surface area contributed by atoms with Crippen molar-refractivity contribution in [1.82, 2.24) is 0 Å². The molecule has 0 fully saturated rings. The molecule has 0 aromatic carbocycles. The summed E-state index contributed by atoms with van der Waals surface area (Å²) in [5.41, 5.74) is 0.